The second-order valence-electron chi connectivity index (χ2n) is 2.49. The van der Waals surface area contributed by atoms with Gasteiger partial charge in [0, 0.05) is 0 Å². The summed E-state index contributed by atoms with van der Waals surface area (Å²) in [5.74, 6) is 0. The summed E-state index contributed by atoms with van der Waals surface area (Å²) in [5.41, 5.74) is 0. The normalized spacial score (nSPS) is 30.7. The first-order chi connectivity index (χ1) is 6.00. The fourth-order valence-corrected chi connectivity index (χ4v) is 0.874. The van der Waals surface area contributed by atoms with Gasteiger partial charge in [-0.2, -0.15) is 0 Å². The van der Waals surface area contributed by atoms with Gasteiger partial charge in [-0.15, -0.1) is 0 Å². The van der Waals surface area contributed by atoms with Gasteiger partial charge < -0.3 is 0 Å². The third kappa shape index (κ3) is 4.51. The van der Waals surface area contributed by atoms with Crippen LogP contribution in [-0.4, -0.2) is 0 Å². The van der Waals surface area contributed by atoms with Crippen LogP contribution in [0, 0.1) is 6.08 Å². The number of rotatable bonds is 0. The third-order valence-corrected chi connectivity index (χ3v) is 1.48. The molecule has 0 aromatic carbocycles. The molecule has 0 atom stereocenters. The zero-order chi connectivity index (χ0) is 8.49. The molecule has 1 radical (unpaired) electrons. The van der Waals surface area contributed by atoms with Crippen LogP contribution in [0.4, 0.5) is 0 Å². The minimum atomic E-state index is 0.998. The van der Waals surface area contributed by atoms with Crippen molar-refractivity contribution in [2.45, 2.75) is 12.8 Å². The molecule has 0 unspecified atom stereocenters. The van der Waals surface area contributed by atoms with E-state index in [1.807, 2.05) is 30.4 Å². The molecule has 0 spiro atoms. The Labute approximate surface area is 74.3 Å². The quantitative estimate of drug-likeness (QED) is 0.473. The molecule has 0 saturated heterocycles. The van der Waals surface area contributed by atoms with E-state index >= 15 is 0 Å². The molecule has 0 bridgehead atoms. The molecule has 0 aliphatic heterocycles. The van der Waals surface area contributed by atoms with Gasteiger partial charge in [-0.25, -0.2) is 0 Å². The maximum absolute atomic E-state index is 3.04. The lowest BCUT2D eigenvalue weighted by atomic mass is 10.2. The molecule has 61 valence electrons. The van der Waals surface area contributed by atoms with E-state index in [2.05, 4.69) is 30.4 Å². The predicted molar refractivity (Wildman–Crippen MR) is 53.6 cm³/mol. The summed E-state index contributed by atoms with van der Waals surface area (Å²) in [4.78, 5) is 0. The van der Waals surface area contributed by atoms with Gasteiger partial charge in [-0.3, -0.25) is 0 Å². The van der Waals surface area contributed by atoms with E-state index in [1.165, 1.54) is 0 Å². The summed E-state index contributed by atoms with van der Waals surface area (Å²) in [6.07, 6.45) is 23.5. The lowest BCUT2D eigenvalue weighted by Crippen LogP contribution is -1.62. The average molecular weight is 157 g/mol. The Bertz CT molecular complexity index is 211. The van der Waals surface area contributed by atoms with Crippen LogP contribution in [0.2, 0.25) is 0 Å². The van der Waals surface area contributed by atoms with Gasteiger partial charge in [-0.1, -0.05) is 54.7 Å². The van der Waals surface area contributed by atoms with Gasteiger partial charge in [0.1, 0.15) is 0 Å². The molecule has 0 aromatic heterocycles. The minimum Gasteiger partial charge on any atom is -0.0844 e. The summed E-state index contributed by atoms with van der Waals surface area (Å²) < 4.78 is 0. The summed E-state index contributed by atoms with van der Waals surface area (Å²) in [5, 5.41) is 0. The number of hydrogen-bond acceptors (Lipinski definition) is 0. The van der Waals surface area contributed by atoms with Crippen LogP contribution in [0.5, 0.6) is 0 Å². The molecular weight excluding hydrogens is 144 g/mol. The highest BCUT2D eigenvalue weighted by Gasteiger charge is 1.72. The highest BCUT2D eigenvalue weighted by Crippen LogP contribution is 1.93. The van der Waals surface area contributed by atoms with Crippen LogP contribution in [-0.2, 0) is 0 Å². The van der Waals surface area contributed by atoms with Gasteiger partial charge in [0.05, 0.1) is 0 Å². The molecule has 0 amide bonds. The maximum Gasteiger partial charge on any atom is -0.0166 e. The lowest BCUT2D eigenvalue weighted by molar-refractivity contribution is 1.31. The van der Waals surface area contributed by atoms with Crippen molar-refractivity contribution in [3.8, 4) is 0 Å². The highest BCUT2D eigenvalue weighted by molar-refractivity contribution is 5.14. The Hall–Kier alpha value is -1.30. The average Bonchev–Trinajstić information content (AvgIpc) is 2.05. The molecule has 0 nitrogen and oxygen atoms in total. The fraction of sp³-hybridized carbons (Fsp3) is 0.167. The molecule has 1 rings (SSSR count). The van der Waals surface area contributed by atoms with Gasteiger partial charge in [0.2, 0.25) is 0 Å². The molecule has 0 saturated carbocycles. The standard InChI is InChI=1S/C12H13/c1-2-4-6-8-10-12-11-9-7-5-3-1/h1-5,8-11H,6,12H2/b3-1+,4-2-,7-5?,10-8-,11-9+. The molecule has 0 fully saturated rings. The third-order valence-electron chi connectivity index (χ3n) is 1.48. The zero-order valence-corrected chi connectivity index (χ0v) is 7.11. The topological polar surface area (TPSA) is 0 Å². The highest BCUT2D eigenvalue weighted by atomic mass is 13.8. The second kappa shape index (κ2) is 6.41. The molecule has 12 heavy (non-hydrogen) atoms. The lowest BCUT2D eigenvalue weighted by Gasteiger charge is -1.83. The van der Waals surface area contributed by atoms with E-state index in [1.54, 1.807) is 0 Å². The van der Waals surface area contributed by atoms with Crippen molar-refractivity contribution >= 4 is 0 Å². The maximum atomic E-state index is 3.04. The van der Waals surface area contributed by atoms with E-state index in [0.717, 1.165) is 12.8 Å². The Balaban J connectivity index is 2.55. The Kier molecular flexibility index (Phi) is 4.70. The van der Waals surface area contributed by atoms with Gasteiger partial charge >= 0.3 is 0 Å². The van der Waals surface area contributed by atoms with Crippen LogP contribution >= 0.6 is 0 Å². The van der Waals surface area contributed by atoms with Gasteiger partial charge in [0.25, 0.3) is 0 Å². The van der Waals surface area contributed by atoms with Crippen LogP contribution in [0.1, 0.15) is 12.8 Å². The SMILES string of the molecule is [C]1=C\C=C\C=C/C/C=C\C/C=C/1. The molecule has 0 heteroatoms. The molecule has 0 heterocycles. The summed E-state index contributed by atoms with van der Waals surface area (Å²) in [7, 11) is 0. The van der Waals surface area contributed by atoms with Crippen LogP contribution in [0.25, 0.3) is 0 Å². The zero-order valence-electron chi connectivity index (χ0n) is 7.11. The van der Waals surface area contributed by atoms with E-state index in [0.29, 0.717) is 0 Å². The van der Waals surface area contributed by atoms with Crippen LogP contribution < -0.4 is 0 Å². The van der Waals surface area contributed by atoms with Crippen LogP contribution in [0.3, 0.4) is 0 Å². The summed E-state index contributed by atoms with van der Waals surface area (Å²) >= 11 is 0. The fourth-order valence-electron chi connectivity index (χ4n) is 0.874. The Morgan fingerprint density at radius 1 is 0.750 bits per heavy atom. The number of allylic oxidation sites excluding steroid dienone is 10. The molecular formula is C12H13. The summed E-state index contributed by atoms with van der Waals surface area (Å²) in [6.45, 7) is 0. The Morgan fingerprint density at radius 3 is 2.50 bits per heavy atom. The Morgan fingerprint density at radius 2 is 1.58 bits per heavy atom. The molecule has 0 aromatic rings. The van der Waals surface area contributed by atoms with E-state index in [9.17, 15) is 0 Å². The van der Waals surface area contributed by atoms with Crippen molar-refractivity contribution in [2.24, 2.45) is 0 Å². The first kappa shape index (κ1) is 8.79. The van der Waals surface area contributed by atoms with E-state index < -0.39 is 0 Å². The molecule has 0 N–H and O–H groups in total. The van der Waals surface area contributed by atoms with Crippen molar-refractivity contribution in [1.82, 2.24) is 0 Å². The van der Waals surface area contributed by atoms with Crippen molar-refractivity contribution in [3.63, 3.8) is 0 Å². The van der Waals surface area contributed by atoms with E-state index in [4.69, 9.17) is 0 Å². The molecule has 1 aliphatic carbocycles. The van der Waals surface area contributed by atoms with Crippen molar-refractivity contribution in [1.29, 1.82) is 0 Å². The largest absolute Gasteiger partial charge is 0.0844 e. The van der Waals surface area contributed by atoms with Crippen LogP contribution in [0.15, 0.2) is 54.7 Å². The van der Waals surface area contributed by atoms with Gasteiger partial charge in [-0.05, 0) is 18.9 Å². The minimum absolute atomic E-state index is 0.998. The first-order valence-corrected chi connectivity index (χ1v) is 4.21. The van der Waals surface area contributed by atoms with Crippen molar-refractivity contribution in [3.05, 3.63) is 60.8 Å². The first-order valence-electron chi connectivity index (χ1n) is 4.21. The number of hydrogen-bond donors (Lipinski definition) is 0. The smallest absolute Gasteiger partial charge is 0.0166 e. The van der Waals surface area contributed by atoms with Crippen molar-refractivity contribution in [2.75, 3.05) is 0 Å². The second-order valence-corrected chi connectivity index (χ2v) is 2.49. The van der Waals surface area contributed by atoms with Gasteiger partial charge in [0.15, 0.2) is 0 Å². The van der Waals surface area contributed by atoms with Crippen molar-refractivity contribution < 1.29 is 0 Å². The summed E-state index contributed by atoms with van der Waals surface area (Å²) in [6, 6.07) is 0. The molecule has 1 aliphatic rings. The monoisotopic (exact) mass is 157 g/mol. The van der Waals surface area contributed by atoms with E-state index in [-0.39, 0.29) is 0 Å². The predicted octanol–water partition coefficient (Wildman–Crippen LogP) is 3.36.